The average Bonchev–Trinajstić information content (AvgIpc) is 3.52. The molecule has 5 heterocycles. The van der Waals surface area contributed by atoms with Gasteiger partial charge in [-0.15, -0.1) is 0 Å². The van der Waals surface area contributed by atoms with E-state index in [9.17, 15) is 19.6 Å². The topological polar surface area (TPSA) is 124 Å². The van der Waals surface area contributed by atoms with Crippen LogP contribution < -0.4 is 4.90 Å². The number of amides is 1. The molecule has 7 rings (SSSR count). The van der Waals surface area contributed by atoms with E-state index in [0.717, 1.165) is 53.4 Å². The number of pyridine rings is 1. The fourth-order valence-corrected chi connectivity index (χ4v) is 6.95. The molecule has 2 fully saturated rings. The van der Waals surface area contributed by atoms with Crippen LogP contribution in [-0.4, -0.2) is 66.0 Å². The van der Waals surface area contributed by atoms with Crippen LogP contribution in [0.2, 0.25) is 0 Å². The number of nitrogens with zero attached hydrogens (tertiary/aromatic N) is 8. The third kappa shape index (κ3) is 5.61. The van der Waals surface area contributed by atoms with E-state index in [1.165, 1.54) is 23.5 Å². The van der Waals surface area contributed by atoms with Gasteiger partial charge in [-0.3, -0.25) is 9.20 Å². The maximum absolute atomic E-state index is 13.5. The van der Waals surface area contributed by atoms with Gasteiger partial charge in [0, 0.05) is 61.8 Å². The van der Waals surface area contributed by atoms with Gasteiger partial charge in [0.2, 0.25) is 0 Å². The van der Waals surface area contributed by atoms with E-state index in [0.29, 0.717) is 59.5 Å². The summed E-state index contributed by atoms with van der Waals surface area (Å²) in [6.07, 6.45) is 10.1. The minimum Gasteiger partial charge on any atom is -0.380 e. The molecule has 0 unspecified atom stereocenters. The van der Waals surface area contributed by atoms with E-state index in [1.807, 2.05) is 47.1 Å². The van der Waals surface area contributed by atoms with Gasteiger partial charge < -0.3 is 14.9 Å². The zero-order chi connectivity index (χ0) is 32.0. The zero-order valence-corrected chi connectivity index (χ0v) is 26.5. The van der Waals surface area contributed by atoms with Crippen LogP contribution in [0.15, 0.2) is 55.0 Å². The molecule has 0 radical (unpaired) electrons. The Balaban J connectivity index is 1.10. The van der Waals surface area contributed by atoms with Gasteiger partial charge in [0.05, 0.1) is 5.69 Å². The van der Waals surface area contributed by atoms with E-state index >= 15 is 0 Å². The molecule has 1 aliphatic heterocycles. The molecule has 1 aromatic carbocycles. The first-order valence-corrected chi connectivity index (χ1v) is 16.3. The van der Waals surface area contributed by atoms with Crippen LogP contribution in [0.25, 0.3) is 28.0 Å². The van der Waals surface area contributed by atoms with E-state index in [2.05, 4.69) is 23.0 Å². The van der Waals surface area contributed by atoms with Crippen molar-refractivity contribution in [2.24, 2.45) is 5.92 Å². The number of fused-ring (bicyclic) bond motifs is 1. The lowest BCUT2D eigenvalue weighted by Crippen LogP contribution is -2.45. The fourth-order valence-electron chi connectivity index (χ4n) is 6.10. The highest BCUT2D eigenvalue weighted by atomic mass is 32.1. The predicted octanol–water partition coefficient (Wildman–Crippen LogP) is 5.56. The number of likely N-dealkylation sites (tertiary alicyclic amines) is 1. The number of nitriles is 1. The molecule has 1 amide bonds. The Hall–Kier alpha value is -4.73. The average molecular weight is 637 g/mol. The second-order valence-electron chi connectivity index (χ2n) is 12.1. The summed E-state index contributed by atoms with van der Waals surface area (Å²) in [6, 6.07) is 12.2. The van der Waals surface area contributed by atoms with Crippen LogP contribution in [-0.2, 0) is 17.6 Å². The summed E-state index contributed by atoms with van der Waals surface area (Å²) < 4.78 is 15.6. The number of imidazole rings is 1. The molecule has 2 aliphatic rings. The number of piperidine rings is 1. The van der Waals surface area contributed by atoms with Gasteiger partial charge in [-0.25, -0.2) is 24.3 Å². The van der Waals surface area contributed by atoms with Crippen molar-refractivity contribution in [3.63, 3.8) is 0 Å². The highest BCUT2D eigenvalue weighted by molar-refractivity contribution is 7.16. The molecule has 1 saturated carbocycles. The van der Waals surface area contributed by atoms with Crippen molar-refractivity contribution in [2.75, 3.05) is 25.0 Å². The largest absolute Gasteiger partial charge is 0.380 e. The molecule has 1 saturated heterocycles. The molecule has 0 spiro atoms. The summed E-state index contributed by atoms with van der Waals surface area (Å²) >= 11 is 1.28. The monoisotopic (exact) mass is 636 g/mol. The predicted molar refractivity (Wildman–Crippen MR) is 173 cm³/mol. The lowest BCUT2D eigenvalue weighted by Gasteiger charge is -2.33. The van der Waals surface area contributed by atoms with Crippen molar-refractivity contribution >= 4 is 33.8 Å². The Kier molecular flexibility index (Phi) is 7.74. The van der Waals surface area contributed by atoms with Crippen LogP contribution in [0.4, 0.5) is 15.3 Å². The molecule has 5 aromatic rings. The maximum Gasteiger partial charge on any atom is 0.254 e. The Bertz CT molecular complexity index is 1950. The normalized spacial score (nSPS) is 16.0. The summed E-state index contributed by atoms with van der Waals surface area (Å²) in [4.78, 5) is 35.7. The Morgan fingerprint density at radius 2 is 1.78 bits per heavy atom. The minimum absolute atomic E-state index is 0.116. The number of aliphatic hydroxyl groups is 1. The number of anilines is 2. The highest BCUT2D eigenvalue weighted by Crippen LogP contribution is 2.39. The molecular formula is C34H33FN8O2S. The summed E-state index contributed by atoms with van der Waals surface area (Å²) in [7, 11) is 1.91. The fraction of sp³-hybridized carbons (Fsp3) is 0.353. The highest BCUT2D eigenvalue weighted by Gasteiger charge is 2.50. The molecular weight excluding hydrogens is 603 g/mol. The summed E-state index contributed by atoms with van der Waals surface area (Å²) in [5.41, 5.74) is 3.59. The molecule has 0 atom stereocenters. The Labute approximate surface area is 269 Å². The molecule has 46 heavy (non-hydrogen) atoms. The number of carbonyl (C=O) groups excluding carboxylic acids is 1. The minimum atomic E-state index is -1.10. The number of hydrogen-bond donors (Lipinski definition) is 1. The van der Waals surface area contributed by atoms with E-state index in [1.54, 1.807) is 17.0 Å². The van der Waals surface area contributed by atoms with Crippen LogP contribution in [0.3, 0.4) is 0 Å². The lowest BCUT2D eigenvalue weighted by atomic mass is 9.93. The van der Waals surface area contributed by atoms with Crippen LogP contribution >= 0.6 is 11.3 Å². The molecule has 4 aromatic heterocycles. The SMILES string of the molecule is CCc1nc2ccc(-c3cnc(CC4CCN(C(=O)C5(O)CC5)CC4)nc3)cn2c1N(C)c1nc(-c2ccc(F)cc2)c(C#N)s1. The number of aromatic nitrogens is 5. The molecule has 10 nitrogen and oxygen atoms in total. The van der Waals surface area contributed by atoms with Crippen molar-refractivity contribution in [2.45, 2.75) is 51.0 Å². The second kappa shape index (κ2) is 11.9. The summed E-state index contributed by atoms with van der Waals surface area (Å²) in [6.45, 7) is 3.38. The van der Waals surface area contributed by atoms with Crippen LogP contribution in [0, 0.1) is 23.1 Å². The standard InChI is InChI=1S/C34H33FN8O2S/c1-3-26-31(41(2)33-40-30(27(17-36)46-33)22-4-7-25(35)8-5-22)43-20-23(6-9-29(43)39-26)24-18-37-28(38-19-24)16-21-10-14-42(15-11-21)32(44)34(45)12-13-34/h4-9,18-21,45H,3,10-16H2,1-2H3. The number of thiazole rings is 1. The van der Waals surface area contributed by atoms with Gasteiger partial charge in [-0.1, -0.05) is 18.3 Å². The molecule has 1 N–H and O–H groups in total. The third-order valence-corrected chi connectivity index (χ3v) is 10.0. The van der Waals surface area contributed by atoms with Crippen molar-refractivity contribution in [3.8, 4) is 28.5 Å². The summed E-state index contributed by atoms with van der Waals surface area (Å²) in [5, 5.41) is 20.6. The first-order chi connectivity index (χ1) is 22.3. The second-order valence-corrected chi connectivity index (χ2v) is 13.1. The summed E-state index contributed by atoms with van der Waals surface area (Å²) in [5.74, 6) is 1.56. The van der Waals surface area contributed by atoms with Crippen LogP contribution in [0.5, 0.6) is 0 Å². The lowest BCUT2D eigenvalue weighted by molar-refractivity contribution is -0.143. The van der Waals surface area contributed by atoms with Crippen molar-refractivity contribution in [1.82, 2.24) is 29.2 Å². The van der Waals surface area contributed by atoms with Gasteiger partial charge in [-0.2, -0.15) is 5.26 Å². The third-order valence-electron chi connectivity index (χ3n) is 8.97. The number of benzene rings is 1. The van der Waals surface area contributed by atoms with Gasteiger partial charge in [0.25, 0.3) is 5.91 Å². The quantitative estimate of drug-likeness (QED) is 0.235. The first kappa shape index (κ1) is 30.0. The van der Waals surface area contributed by atoms with Crippen molar-refractivity contribution < 1.29 is 14.3 Å². The van der Waals surface area contributed by atoms with Gasteiger partial charge >= 0.3 is 0 Å². The van der Waals surface area contributed by atoms with Gasteiger partial charge in [-0.05, 0) is 74.4 Å². The van der Waals surface area contributed by atoms with Gasteiger partial charge in [0.15, 0.2) is 5.13 Å². The van der Waals surface area contributed by atoms with E-state index < -0.39 is 5.60 Å². The Morgan fingerprint density at radius 3 is 2.43 bits per heavy atom. The number of rotatable bonds is 8. The molecule has 1 aliphatic carbocycles. The van der Waals surface area contributed by atoms with Gasteiger partial charge in [0.1, 0.15) is 45.3 Å². The number of carbonyl (C=O) groups is 1. The van der Waals surface area contributed by atoms with E-state index in [4.69, 9.17) is 9.97 Å². The van der Waals surface area contributed by atoms with Crippen molar-refractivity contribution in [3.05, 3.63) is 77.2 Å². The first-order valence-electron chi connectivity index (χ1n) is 15.5. The van der Waals surface area contributed by atoms with Crippen molar-refractivity contribution in [1.29, 1.82) is 5.26 Å². The number of halogens is 1. The van der Waals surface area contributed by atoms with E-state index in [-0.39, 0.29) is 11.7 Å². The Morgan fingerprint density at radius 1 is 1.09 bits per heavy atom. The number of hydrogen-bond acceptors (Lipinski definition) is 9. The molecule has 12 heteroatoms. The maximum atomic E-state index is 13.5. The zero-order valence-electron chi connectivity index (χ0n) is 25.6. The smallest absolute Gasteiger partial charge is 0.254 e. The van der Waals surface area contributed by atoms with Crippen LogP contribution in [0.1, 0.15) is 49.0 Å². The number of aryl methyl sites for hydroxylation is 1. The molecule has 0 bridgehead atoms. The molecule has 234 valence electrons.